The van der Waals surface area contributed by atoms with Crippen molar-refractivity contribution in [2.24, 2.45) is 0 Å². The van der Waals surface area contributed by atoms with Gasteiger partial charge in [-0.1, -0.05) is 36.4 Å². The minimum atomic E-state index is 0.273. The van der Waals surface area contributed by atoms with Gasteiger partial charge >= 0.3 is 0 Å². The fraction of sp³-hybridized carbons (Fsp3) is 0.125. The van der Waals surface area contributed by atoms with E-state index in [-0.39, 0.29) is 5.75 Å². The van der Waals surface area contributed by atoms with Crippen molar-refractivity contribution in [2.75, 3.05) is 7.11 Å². The summed E-state index contributed by atoms with van der Waals surface area (Å²) < 4.78 is 5.40. The molecule has 0 fully saturated rings. The molecule has 1 N–H and O–H groups in total. The van der Waals surface area contributed by atoms with E-state index in [9.17, 15) is 5.11 Å². The quantitative estimate of drug-likeness (QED) is 0.824. The van der Waals surface area contributed by atoms with E-state index < -0.39 is 0 Å². The largest absolute Gasteiger partial charge is 0.508 e. The van der Waals surface area contributed by atoms with Crippen LogP contribution >= 0.6 is 0 Å². The van der Waals surface area contributed by atoms with Gasteiger partial charge in [-0.25, -0.2) is 0 Å². The zero-order chi connectivity index (χ0) is 13.0. The molecule has 2 nitrogen and oxygen atoms in total. The fourth-order valence-electron chi connectivity index (χ4n) is 2.06. The van der Waals surface area contributed by atoms with E-state index in [0.717, 1.165) is 22.4 Å². The molecule has 0 spiro atoms. The molecule has 0 radical (unpaired) electrons. The maximum absolute atomic E-state index is 10.0. The molecular formula is C16H16O2. The summed E-state index contributed by atoms with van der Waals surface area (Å²) in [7, 11) is 1.64. The summed E-state index contributed by atoms with van der Waals surface area (Å²) in [6, 6.07) is 13.3. The monoisotopic (exact) mass is 240 g/mol. The standard InChI is InChI=1S/C16H16O2/c1-3-7-13-14(17)10-11-15(18-2)16(13)12-8-5-4-6-9-12/h3-6,8-11,17H,1,7H2,2H3. The molecule has 0 aliphatic rings. The molecule has 0 atom stereocenters. The molecule has 0 heterocycles. The molecule has 0 amide bonds. The van der Waals surface area contributed by atoms with E-state index in [1.54, 1.807) is 25.3 Å². The van der Waals surface area contributed by atoms with Crippen molar-refractivity contribution in [1.82, 2.24) is 0 Å². The molecule has 0 saturated heterocycles. The van der Waals surface area contributed by atoms with E-state index in [1.165, 1.54) is 0 Å². The highest BCUT2D eigenvalue weighted by Crippen LogP contribution is 2.38. The minimum absolute atomic E-state index is 0.273. The summed E-state index contributed by atoms with van der Waals surface area (Å²) in [6.07, 6.45) is 2.38. The highest BCUT2D eigenvalue weighted by atomic mass is 16.5. The van der Waals surface area contributed by atoms with Crippen LogP contribution in [0.5, 0.6) is 11.5 Å². The molecular weight excluding hydrogens is 224 g/mol. The average molecular weight is 240 g/mol. The normalized spacial score (nSPS) is 10.1. The van der Waals surface area contributed by atoms with Gasteiger partial charge in [-0.3, -0.25) is 0 Å². The zero-order valence-corrected chi connectivity index (χ0v) is 10.4. The van der Waals surface area contributed by atoms with Gasteiger partial charge < -0.3 is 9.84 Å². The molecule has 0 aromatic heterocycles. The second kappa shape index (κ2) is 5.41. The van der Waals surface area contributed by atoms with Gasteiger partial charge in [-0.2, -0.15) is 0 Å². The number of ether oxygens (including phenoxy) is 1. The van der Waals surface area contributed by atoms with Gasteiger partial charge in [0.25, 0.3) is 0 Å². The summed E-state index contributed by atoms with van der Waals surface area (Å²) in [5.74, 6) is 1.03. The highest BCUT2D eigenvalue weighted by Gasteiger charge is 2.14. The predicted octanol–water partition coefficient (Wildman–Crippen LogP) is 3.80. The fourth-order valence-corrected chi connectivity index (χ4v) is 2.06. The number of hydrogen-bond acceptors (Lipinski definition) is 2. The number of phenols is 1. The maximum atomic E-state index is 10.0. The third-order valence-corrected chi connectivity index (χ3v) is 2.88. The van der Waals surface area contributed by atoms with Crippen LogP contribution in [-0.4, -0.2) is 12.2 Å². The molecule has 0 aliphatic carbocycles. The van der Waals surface area contributed by atoms with Crippen molar-refractivity contribution < 1.29 is 9.84 Å². The smallest absolute Gasteiger partial charge is 0.127 e. The van der Waals surface area contributed by atoms with E-state index in [1.807, 2.05) is 30.3 Å². The van der Waals surface area contributed by atoms with Crippen LogP contribution in [0.4, 0.5) is 0 Å². The Hall–Kier alpha value is -2.22. The van der Waals surface area contributed by atoms with Gasteiger partial charge in [-0.15, -0.1) is 6.58 Å². The summed E-state index contributed by atoms with van der Waals surface area (Å²) in [4.78, 5) is 0. The summed E-state index contributed by atoms with van der Waals surface area (Å²) in [5.41, 5.74) is 2.80. The van der Waals surface area contributed by atoms with Crippen molar-refractivity contribution in [1.29, 1.82) is 0 Å². The molecule has 0 aliphatic heterocycles. The number of rotatable bonds is 4. The Kier molecular flexibility index (Phi) is 3.68. The first-order chi connectivity index (χ1) is 8.77. The molecule has 0 bridgehead atoms. The van der Waals surface area contributed by atoms with E-state index in [4.69, 9.17) is 4.74 Å². The SMILES string of the molecule is C=CCc1c(O)ccc(OC)c1-c1ccccc1. The van der Waals surface area contributed by atoms with Gasteiger partial charge in [0.05, 0.1) is 7.11 Å². The number of hydrogen-bond donors (Lipinski definition) is 1. The van der Waals surface area contributed by atoms with Crippen molar-refractivity contribution >= 4 is 0 Å². The molecule has 0 saturated carbocycles. The molecule has 2 aromatic carbocycles. The molecule has 18 heavy (non-hydrogen) atoms. The first-order valence-corrected chi connectivity index (χ1v) is 5.83. The van der Waals surface area contributed by atoms with E-state index in [0.29, 0.717) is 6.42 Å². The second-order valence-electron chi connectivity index (χ2n) is 4.00. The number of aromatic hydroxyl groups is 1. The summed E-state index contributed by atoms with van der Waals surface area (Å²) in [6.45, 7) is 3.74. The number of benzene rings is 2. The van der Waals surface area contributed by atoms with Crippen molar-refractivity contribution in [3.63, 3.8) is 0 Å². The van der Waals surface area contributed by atoms with Gasteiger partial charge in [0.2, 0.25) is 0 Å². The molecule has 0 unspecified atom stereocenters. The van der Waals surface area contributed by atoms with E-state index >= 15 is 0 Å². The number of phenolic OH excluding ortho intramolecular Hbond substituents is 1. The Morgan fingerprint density at radius 1 is 1.17 bits per heavy atom. The molecule has 2 heteroatoms. The first kappa shape index (κ1) is 12.2. The number of allylic oxidation sites excluding steroid dienone is 1. The lowest BCUT2D eigenvalue weighted by Gasteiger charge is -2.14. The summed E-state index contributed by atoms with van der Waals surface area (Å²) >= 11 is 0. The topological polar surface area (TPSA) is 29.5 Å². The lowest BCUT2D eigenvalue weighted by Crippen LogP contribution is -1.94. The predicted molar refractivity (Wildman–Crippen MR) is 74.0 cm³/mol. The Balaban J connectivity index is 2.69. The van der Waals surface area contributed by atoms with Gasteiger partial charge in [0.1, 0.15) is 11.5 Å². The lowest BCUT2D eigenvalue weighted by molar-refractivity contribution is 0.413. The Labute approximate surface area is 107 Å². The van der Waals surface area contributed by atoms with E-state index in [2.05, 4.69) is 6.58 Å². The van der Waals surface area contributed by atoms with Crippen molar-refractivity contribution in [3.05, 3.63) is 60.7 Å². The van der Waals surface area contributed by atoms with Crippen LogP contribution in [0.3, 0.4) is 0 Å². The maximum Gasteiger partial charge on any atom is 0.127 e. The van der Waals surface area contributed by atoms with Crippen LogP contribution in [-0.2, 0) is 6.42 Å². The van der Waals surface area contributed by atoms with Crippen molar-refractivity contribution in [2.45, 2.75) is 6.42 Å². The van der Waals surface area contributed by atoms with Gasteiger partial charge in [0.15, 0.2) is 0 Å². The second-order valence-corrected chi connectivity index (χ2v) is 4.00. The number of methoxy groups -OCH3 is 1. The van der Waals surface area contributed by atoms with Crippen LogP contribution < -0.4 is 4.74 Å². The average Bonchev–Trinajstić information content (AvgIpc) is 2.42. The third kappa shape index (κ3) is 2.23. The summed E-state index contributed by atoms with van der Waals surface area (Å²) in [5, 5.41) is 10.0. The Morgan fingerprint density at radius 3 is 2.50 bits per heavy atom. The molecule has 92 valence electrons. The Bertz CT molecular complexity index is 545. The highest BCUT2D eigenvalue weighted by molar-refractivity contribution is 5.76. The Morgan fingerprint density at radius 2 is 1.89 bits per heavy atom. The zero-order valence-electron chi connectivity index (χ0n) is 10.4. The lowest BCUT2D eigenvalue weighted by atomic mass is 9.95. The van der Waals surface area contributed by atoms with Crippen LogP contribution in [0, 0.1) is 0 Å². The first-order valence-electron chi connectivity index (χ1n) is 5.83. The van der Waals surface area contributed by atoms with Crippen LogP contribution in [0.15, 0.2) is 55.1 Å². The molecule has 2 rings (SSSR count). The molecule has 2 aromatic rings. The van der Waals surface area contributed by atoms with Crippen molar-refractivity contribution in [3.8, 4) is 22.6 Å². The van der Waals surface area contributed by atoms with Crippen LogP contribution in [0.25, 0.3) is 11.1 Å². The van der Waals surface area contributed by atoms with Gasteiger partial charge in [0, 0.05) is 11.1 Å². The van der Waals surface area contributed by atoms with Gasteiger partial charge in [-0.05, 0) is 24.1 Å². The third-order valence-electron chi connectivity index (χ3n) is 2.88. The minimum Gasteiger partial charge on any atom is -0.508 e. The van der Waals surface area contributed by atoms with Crippen LogP contribution in [0.2, 0.25) is 0 Å². The van der Waals surface area contributed by atoms with Crippen LogP contribution in [0.1, 0.15) is 5.56 Å².